The number of hydrogen-bond donors (Lipinski definition) is 1. The Bertz CT molecular complexity index is 468. The lowest BCUT2D eigenvalue weighted by molar-refractivity contribution is 0.441. The minimum absolute atomic E-state index is 0.347. The van der Waals surface area contributed by atoms with Crippen molar-refractivity contribution in [3.8, 4) is 11.8 Å². The molecule has 0 spiro atoms. The van der Waals surface area contributed by atoms with Crippen molar-refractivity contribution in [1.29, 1.82) is 0 Å². The average molecular weight is 215 g/mol. The quantitative estimate of drug-likeness (QED) is 0.851. The lowest BCUT2D eigenvalue weighted by Crippen LogP contribution is -1.97. The molecule has 82 valence electrons. The summed E-state index contributed by atoms with van der Waals surface area (Å²) in [7, 11) is 0. The number of ether oxygens (including phenoxy) is 1. The molecular formula is C12H13N3O. The topological polar surface area (TPSA) is 61.0 Å². The predicted octanol–water partition coefficient (Wildman–Crippen LogP) is 2.04. The summed E-state index contributed by atoms with van der Waals surface area (Å²) in [6.07, 6.45) is 3.43. The van der Waals surface area contributed by atoms with Crippen LogP contribution >= 0.6 is 0 Å². The maximum atomic E-state index is 5.55. The lowest BCUT2D eigenvalue weighted by atomic mass is 10.2. The SMILES string of the molecule is Cc1cnc(Oc2cccc(CN)c2)nc1. The summed E-state index contributed by atoms with van der Waals surface area (Å²) < 4.78 is 5.50. The van der Waals surface area contributed by atoms with Gasteiger partial charge in [0.25, 0.3) is 0 Å². The molecule has 0 aliphatic heterocycles. The normalized spacial score (nSPS) is 10.1. The zero-order chi connectivity index (χ0) is 11.4. The first-order valence-electron chi connectivity index (χ1n) is 5.03. The molecule has 2 aromatic rings. The molecule has 1 aromatic carbocycles. The second-order valence-corrected chi connectivity index (χ2v) is 3.50. The van der Waals surface area contributed by atoms with Crippen molar-refractivity contribution in [2.75, 3.05) is 0 Å². The first-order chi connectivity index (χ1) is 7.78. The summed E-state index contributed by atoms with van der Waals surface area (Å²) in [5.74, 6) is 0.701. The molecule has 4 nitrogen and oxygen atoms in total. The van der Waals surface area contributed by atoms with E-state index in [0.717, 1.165) is 11.1 Å². The number of rotatable bonds is 3. The van der Waals surface area contributed by atoms with Crippen molar-refractivity contribution in [3.63, 3.8) is 0 Å². The second-order valence-electron chi connectivity index (χ2n) is 3.50. The molecule has 0 atom stereocenters. The molecular weight excluding hydrogens is 202 g/mol. The Kier molecular flexibility index (Phi) is 3.12. The number of nitrogens with two attached hydrogens (primary N) is 1. The predicted molar refractivity (Wildman–Crippen MR) is 61.2 cm³/mol. The molecule has 0 amide bonds. The molecule has 0 saturated heterocycles. The van der Waals surface area contributed by atoms with Gasteiger partial charge in [-0.2, -0.15) is 0 Å². The van der Waals surface area contributed by atoms with Gasteiger partial charge in [0, 0.05) is 18.9 Å². The second kappa shape index (κ2) is 4.72. The van der Waals surface area contributed by atoms with Crippen molar-refractivity contribution in [3.05, 3.63) is 47.8 Å². The third-order valence-corrected chi connectivity index (χ3v) is 2.10. The van der Waals surface area contributed by atoms with Gasteiger partial charge in [-0.05, 0) is 30.2 Å². The zero-order valence-electron chi connectivity index (χ0n) is 9.05. The van der Waals surface area contributed by atoms with E-state index in [2.05, 4.69) is 9.97 Å². The molecule has 16 heavy (non-hydrogen) atoms. The van der Waals surface area contributed by atoms with Crippen LogP contribution in [0.4, 0.5) is 0 Å². The van der Waals surface area contributed by atoms with E-state index >= 15 is 0 Å². The smallest absolute Gasteiger partial charge is 0.321 e. The van der Waals surface area contributed by atoms with Crippen LogP contribution in [0.2, 0.25) is 0 Å². The van der Waals surface area contributed by atoms with E-state index < -0.39 is 0 Å². The lowest BCUT2D eigenvalue weighted by Gasteiger charge is -2.04. The van der Waals surface area contributed by atoms with Crippen LogP contribution in [0.25, 0.3) is 0 Å². The van der Waals surface area contributed by atoms with Crippen molar-refractivity contribution < 1.29 is 4.74 Å². The Morgan fingerprint density at radius 2 is 2.00 bits per heavy atom. The van der Waals surface area contributed by atoms with Gasteiger partial charge >= 0.3 is 6.01 Å². The fourth-order valence-electron chi connectivity index (χ4n) is 1.27. The van der Waals surface area contributed by atoms with Crippen LogP contribution in [-0.2, 0) is 6.54 Å². The van der Waals surface area contributed by atoms with E-state index in [4.69, 9.17) is 10.5 Å². The van der Waals surface area contributed by atoms with Gasteiger partial charge in [-0.25, -0.2) is 9.97 Å². The number of nitrogens with zero attached hydrogens (tertiary/aromatic N) is 2. The van der Waals surface area contributed by atoms with Crippen LogP contribution in [0.15, 0.2) is 36.7 Å². The highest BCUT2D eigenvalue weighted by Gasteiger charge is 2.00. The first-order valence-corrected chi connectivity index (χ1v) is 5.03. The monoisotopic (exact) mass is 215 g/mol. The Morgan fingerprint density at radius 1 is 1.25 bits per heavy atom. The molecule has 1 heterocycles. The summed E-state index contributed by atoms with van der Waals surface area (Å²) >= 11 is 0. The molecule has 2 rings (SSSR count). The van der Waals surface area contributed by atoms with Gasteiger partial charge in [0.15, 0.2) is 0 Å². The number of hydrogen-bond acceptors (Lipinski definition) is 4. The Morgan fingerprint density at radius 3 is 2.69 bits per heavy atom. The van der Waals surface area contributed by atoms with Crippen molar-refractivity contribution in [1.82, 2.24) is 9.97 Å². The van der Waals surface area contributed by atoms with Gasteiger partial charge in [0.05, 0.1) is 0 Å². The fourth-order valence-corrected chi connectivity index (χ4v) is 1.27. The third kappa shape index (κ3) is 2.55. The Labute approximate surface area is 94.1 Å². The summed E-state index contributed by atoms with van der Waals surface area (Å²) in [6.45, 7) is 2.42. The molecule has 0 radical (unpaired) electrons. The van der Waals surface area contributed by atoms with Gasteiger partial charge in [-0.3, -0.25) is 0 Å². The number of aryl methyl sites for hydroxylation is 1. The van der Waals surface area contributed by atoms with E-state index in [0.29, 0.717) is 18.3 Å². The first kappa shape index (κ1) is 10.6. The molecule has 0 saturated carbocycles. The largest absolute Gasteiger partial charge is 0.424 e. The summed E-state index contributed by atoms with van der Waals surface area (Å²) in [5.41, 5.74) is 7.57. The molecule has 0 unspecified atom stereocenters. The summed E-state index contributed by atoms with van der Waals surface area (Å²) in [5, 5.41) is 0. The van der Waals surface area contributed by atoms with Gasteiger partial charge in [0.2, 0.25) is 0 Å². The van der Waals surface area contributed by atoms with Crippen LogP contribution < -0.4 is 10.5 Å². The molecule has 2 N–H and O–H groups in total. The maximum Gasteiger partial charge on any atom is 0.321 e. The van der Waals surface area contributed by atoms with Crippen molar-refractivity contribution in [2.45, 2.75) is 13.5 Å². The molecule has 0 aliphatic carbocycles. The minimum Gasteiger partial charge on any atom is -0.424 e. The van der Waals surface area contributed by atoms with Gasteiger partial charge in [-0.1, -0.05) is 12.1 Å². The van der Waals surface area contributed by atoms with Crippen LogP contribution in [0.1, 0.15) is 11.1 Å². The molecule has 1 aromatic heterocycles. The van der Waals surface area contributed by atoms with Crippen molar-refractivity contribution in [2.24, 2.45) is 5.73 Å². The average Bonchev–Trinajstić information content (AvgIpc) is 2.32. The van der Waals surface area contributed by atoms with Crippen molar-refractivity contribution >= 4 is 0 Å². The van der Waals surface area contributed by atoms with Gasteiger partial charge < -0.3 is 10.5 Å². The third-order valence-electron chi connectivity index (χ3n) is 2.10. The summed E-state index contributed by atoms with van der Waals surface area (Å²) in [6, 6.07) is 7.92. The maximum absolute atomic E-state index is 5.55. The van der Waals surface area contributed by atoms with E-state index in [1.165, 1.54) is 0 Å². The van der Waals surface area contributed by atoms with Gasteiger partial charge in [0.1, 0.15) is 5.75 Å². The van der Waals surface area contributed by atoms with E-state index in [1.807, 2.05) is 31.2 Å². The standard InChI is InChI=1S/C12H13N3O/c1-9-7-14-12(15-8-9)16-11-4-2-3-10(5-11)6-13/h2-5,7-8H,6,13H2,1H3. The van der Waals surface area contributed by atoms with Gasteiger partial charge in [-0.15, -0.1) is 0 Å². The summed E-state index contributed by atoms with van der Waals surface area (Å²) in [4.78, 5) is 8.13. The van der Waals surface area contributed by atoms with Crippen LogP contribution in [0.3, 0.4) is 0 Å². The highest BCUT2D eigenvalue weighted by atomic mass is 16.5. The number of benzene rings is 1. The minimum atomic E-state index is 0.347. The molecule has 0 fully saturated rings. The Balaban J connectivity index is 2.16. The molecule has 0 aliphatic rings. The van der Waals surface area contributed by atoms with E-state index in [1.54, 1.807) is 12.4 Å². The molecule has 0 bridgehead atoms. The van der Waals surface area contributed by atoms with Crippen LogP contribution in [0, 0.1) is 6.92 Å². The van der Waals surface area contributed by atoms with Crippen LogP contribution in [0.5, 0.6) is 11.8 Å². The molecule has 4 heteroatoms. The van der Waals surface area contributed by atoms with E-state index in [9.17, 15) is 0 Å². The highest BCUT2D eigenvalue weighted by Crippen LogP contribution is 2.18. The number of aromatic nitrogens is 2. The highest BCUT2D eigenvalue weighted by molar-refractivity contribution is 5.30. The zero-order valence-corrected chi connectivity index (χ0v) is 9.05. The van der Waals surface area contributed by atoms with E-state index in [-0.39, 0.29) is 0 Å². The fraction of sp³-hybridized carbons (Fsp3) is 0.167. The van der Waals surface area contributed by atoms with Crippen LogP contribution in [-0.4, -0.2) is 9.97 Å². The Hall–Kier alpha value is -1.94.